The van der Waals surface area contributed by atoms with E-state index in [-0.39, 0.29) is 0 Å². The molecule has 0 N–H and O–H groups in total. The van der Waals surface area contributed by atoms with Crippen molar-refractivity contribution in [2.24, 2.45) is 0 Å². The smallest absolute Gasteiger partial charge is 0.0194 e. The quantitative estimate of drug-likeness (QED) is 0.646. The van der Waals surface area contributed by atoms with Gasteiger partial charge in [-0.05, 0) is 42.0 Å². The predicted octanol–water partition coefficient (Wildman–Crippen LogP) is 4.49. The highest BCUT2D eigenvalue weighted by molar-refractivity contribution is 8.02. The van der Waals surface area contributed by atoms with E-state index in [0.29, 0.717) is 0 Å². The minimum Gasteiger partial charge on any atom is -0.0974 e. The van der Waals surface area contributed by atoms with E-state index in [9.17, 15) is 0 Å². The second kappa shape index (κ2) is 4.05. The zero-order valence-electron chi connectivity index (χ0n) is 8.58. The van der Waals surface area contributed by atoms with Crippen LogP contribution in [0.2, 0.25) is 0 Å². The van der Waals surface area contributed by atoms with Crippen molar-refractivity contribution in [3.8, 4) is 0 Å². The molecular formula is C13H14S. The summed E-state index contributed by atoms with van der Waals surface area (Å²) in [6.07, 6.45) is 3.35. The Bertz CT molecular complexity index is 399. The average Bonchev–Trinajstić information content (AvgIpc) is 2.27. The lowest BCUT2D eigenvalue weighted by molar-refractivity contribution is 1.10. The first-order valence-electron chi connectivity index (χ1n) is 4.95. The largest absolute Gasteiger partial charge is 0.0974 e. The van der Waals surface area contributed by atoms with Gasteiger partial charge in [-0.15, -0.1) is 0 Å². The number of fused-ring (bicyclic) bond motifs is 1. The summed E-state index contributed by atoms with van der Waals surface area (Å²) >= 11 is 1.81. The van der Waals surface area contributed by atoms with Crippen LogP contribution in [0.5, 0.6) is 0 Å². The molecule has 0 aromatic heterocycles. The zero-order chi connectivity index (χ0) is 9.97. The summed E-state index contributed by atoms with van der Waals surface area (Å²) in [5, 5.41) is 2.18. The lowest BCUT2D eigenvalue weighted by Gasteiger charge is -2.15. The van der Waals surface area contributed by atoms with E-state index in [2.05, 4.69) is 49.6 Å². The summed E-state index contributed by atoms with van der Waals surface area (Å²) < 4.78 is 0. The highest BCUT2D eigenvalue weighted by atomic mass is 32.2. The topological polar surface area (TPSA) is 0 Å². The molecule has 1 aliphatic rings. The number of rotatable bonds is 1. The molecule has 72 valence electrons. The summed E-state index contributed by atoms with van der Waals surface area (Å²) in [7, 11) is 0. The van der Waals surface area contributed by atoms with Crippen LogP contribution in [0.1, 0.15) is 25.8 Å². The summed E-state index contributed by atoms with van der Waals surface area (Å²) in [6.45, 7) is 4.42. The fraction of sp³-hybridized carbons (Fsp3) is 0.231. The molecule has 0 unspecified atom stereocenters. The van der Waals surface area contributed by atoms with Crippen molar-refractivity contribution in [3.05, 3.63) is 46.9 Å². The number of benzene rings is 1. The van der Waals surface area contributed by atoms with Gasteiger partial charge in [-0.3, -0.25) is 0 Å². The van der Waals surface area contributed by atoms with Crippen LogP contribution in [0.3, 0.4) is 0 Å². The fourth-order valence-corrected chi connectivity index (χ4v) is 2.43. The molecular weight excluding hydrogens is 188 g/mol. The third kappa shape index (κ3) is 1.64. The van der Waals surface area contributed by atoms with Gasteiger partial charge >= 0.3 is 0 Å². The van der Waals surface area contributed by atoms with E-state index < -0.39 is 0 Å². The molecule has 0 fully saturated rings. The Balaban J connectivity index is 2.56. The van der Waals surface area contributed by atoms with Crippen molar-refractivity contribution >= 4 is 17.3 Å². The molecule has 1 aliphatic heterocycles. The molecule has 0 saturated carbocycles. The van der Waals surface area contributed by atoms with Crippen LogP contribution in [0.15, 0.2) is 46.2 Å². The number of allylic oxidation sites excluding steroid dienone is 3. The van der Waals surface area contributed by atoms with Crippen molar-refractivity contribution in [3.63, 3.8) is 0 Å². The third-order valence-electron chi connectivity index (χ3n) is 2.60. The molecule has 1 heterocycles. The molecule has 1 heteroatoms. The van der Waals surface area contributed by atoms with Gasteiger partial charge in [0.15, 0.2) is 0 Å². The second-order valence-corrected chi connectivity index (χ2v) is 4.41. The average molecular weight is 202 g/mol. The zero-order valence-corrected chi connectivity index (χ0v) is 9.40. The second-order valence-electron chi connectivity index (χ2n) is 3.46. The Labute approximate surface area is 89.7 Å². The van der Waals surface area contributed by atoms with Gasteiger partial charge in [0.2, 0.25) is 0 Å². The molecule has 1 aromatic rings. The highest BCUT2D eigenvalue weighted by Gasteiger charge is 2.10. The van der Waals surface area contributed by atoms with Crippen LogP contribution in [0.25, 0.3) is 5.57 Å². The fourth-order valence-electron chi connectivity index (χ4n) is 1.62. The van der Waals surface area contributed by atoms with Gasteiger partial charge in [-0.25, -0.2) is 0 Å². The Morgan fingerprint density at radius 3 is 2.86 bits per heavy atom. The van der Waals surface area contributed by atoms with Crippen LogP contribution in [-0.4, -0.2) is 0 Å². The Hall–Kier alpha value is -0.950. The minimum absolute atomic E-state index is 1.12. The molecule has 0 radical (unpaired) electrons. The van der Waals surface area contributed by atoms with E-state index in [1.807, 2.05) is 0 Å². The van der Waals surface area contributed by atoms with Crippen LogP contribution >= 0.6 is 11.8 Å². The molecule has 0 amide bonds. The third-order valence-corrected chi connectivity index (χ3v) is 3.48. The van der Waals surface area contributed by atoms with Gasteiger partial charge < -0.3 is 0 Å². The number of hydrogen-bond acceptors (Lipinski definition) is 1. The monoisotopic (exact) mass is 202 g/mol. The van der Waals surface area contributed by atoms with Gasteiger partial charge in [0.25, 0.3) is 0 Å². The molecule has 0 saturated heterocycles. The molecule has 2 rings (SSSR count). The van der Waals surface area contributed by atoms with Gasteiger partial charge in [0.1, 0.15) is 0 Å². The standard InChI is InChI=1S/C13H14S/c1-3-10(2)11-8-9-14-13-7-5-4-6-12(11)13/h4-9H,3H2,1-2H3/b11-10-. The van der Waals surface area contributed by atoms with E-state index in [4.69, 9.17) is 0 Å². The highest BCUT2D eigenvalue weighted by Crippen LogP contribution is 2.36. The van der Waals surface area contributed by atoms with E-state index in [0.717, 1.165) is 6.42 Å². The van der Waals surface area contributed by atoms with Crippen molar-refractivity contribution in [1.29, 1.82) is 0 Å². The van der Waals surface area contributed by atoms with E-state index in [1.165, 1.54) is 21.6 Å². The molecule has 14 heavy (non-hydrogen) atoms. The van der Waals surface area contributed by atoms with Crippen molar-refractivity contribution < 1.29 is 0 Å². The number of thioether (sulfide) groups is 1. The summed E-state index contributed by atoms with van der Waals surface area (Å²) in [4.78, 5) is 1.37. The van der Waals surface area contributed by atoms with Gasteiger partial charge in [-0.1, -0.05) is 42.5 Å². The van der Waals surface area contributed by atoms with Crippen molar-refractivity contribution in [2.75, 3.05) is 0 Å². The SMILES string of the molecule is CC/C(C)=C1/C=CSc2ccccc21. The molecule has 0 bridgehead atoms. The first kappa shape index (κ1) is 9.60. The Morgan fingerprint density at radius 2 is 2.07 bits per heavy atom. The molecule has 0 nitrogen and oxygen atoms in total. The van der Waals surface area contributed by atoms with Crippen molar-refractivity contribution in [2.45, 2.75) is 25.2 Å². The summed E-state index contributed by atoms with van der Waals surface area (Å²) in [6, 6.07) is 8.61. The predicted molar refractivity (Wildman–Crippen MR) is 64.3 cm³/mol. The molecule has 0 spiro atoms. The van der Waals surface area contributed by atoms with Gasteiger partial charge in [0.05, 0.1) is 0 Å². The normalized spacial score (nSPS) is 17.9. The van der Waals surface area contributed by atoms with Gasteiger partial charge in [-0.2, -0.15) is 0 Å². The summed E-state index contributed by atoms with van der Waals surface area (Å²) in [5.41, 5.74) is 4.26. The maximum Gasteiger partial charge on any atom is 0.0194 e. The lowest BCUT2D eigenvalue weighted by Crippen LogP contribution is -1.91. The van der Waals surface area contributed by atoms with Crippen LogP contribution < -0.4 is 0 Å². The van der Waals surface area contributed by atoms with Crippen LogP contribution in [0, 0.1) is 0 Å². The van der Waals surface area contributed by atoms with E-state index in [1.54, 1.807) is 11.8 Å². The lowest BCUT2D eigenvalue weighted by atomic mass is 9.99. The molecule has 0 aliphatic carbocycles. The van der Waals surface area contributed by atoms with Crippen molar-refractivity contribution in [1.82, 2.24) is 0 Å². The van der Waals surface area contributed by atoms with Gasteiger partial charge in [0, 0.05) is 4.90 Å². The maximum absolute atomic E-state index is 2.23. The van der Waals surface area contributed by atoms with Crippen LogP contribution in [0.4, 0.5) is 0 Å². The molecule has 1 aromatic carbocycles. The maximum atomic E-state index is 2.23. The Kier molecular flexibility index (Phi) is 2.78. The number of hydrogen-bond donors (Lipinski definition) is 0. The first-order chi connectivity index (χ1) is 6.83. The minimum atomic E-state index is 1.12. The Morgan fingerprint density at radius 1 is 1.29 bits per heavy atom. The van der Waals surface area contributed by atoms with Crippen LogP contribution in [-0.2, 0) is 0 Å². The summed E-state index contributed by atoms with van der Waals surface area (Å²) in [5.74, 6) is 0. The molecule has 0 atom stereocenters. The first-order valence-corrected chi connectivity index (χ1v) is 5.83. The van der Waals surface area contributed by atoms with E-state index >= 15 is 0 Å².